The van der Waals surface area contributed by atoms with Gasteiger partial charge < -0.3 is 5.11 Å². The number of phenolic OH excluding ortho intramolecular Hbond substituents is 1. The summed E-state index contributed by atoms with van der Waals surface area (Å²) in [7, 11) is 0. The maximum Gasteiger partial charge on any atom is 0.123 e. The first-order valence-electron chi connectivity index (χ1n) is 6.72. The van der Waals surface area contributed by atoms with E-state index in [9.17, 15) is 9.50 Å². The molecule has 1 heterocycles. The van der Waals surface area contributed by atoms with E-state index in [0.29, 0.717) is 17.5 Å². The fraction of sp³-hybridized carbons (Fsp3) is 0.600. The van der Waals surface area contributed by atoms with E-state index in [2.05, 4.69) is 18.7 Å². The van der Waals surface area contributed by atoms with Crippen molar-refractivity contribution >= 4 is 0 Å². The Morgan fingerprint density at radius 2 is 2.00 bits per heavy atom. The third-order valence-corrected chi connectivity index (χ3v) is 4.35. The summed E-state index contributed by atoms with van der Waals surface area (Å²) < 4.78 is 13.1. The Kier molecular flexibility index (Phi) is 3.91. The lowest BCUT2D eigenvalue weighted by atomic mass is 9.78. The van der Waals surface area contributed by atoms with Crippen LogP contribution in [0.1, 0.15) is 38.7 Å². The van der Waals surface area contributed by atoms with E-state index in [1.54, 1.807) is 0 Å². The van der Waals surface area contributed by atoms with E-state index >= 15 is 0 Å². The summed E-state index contributed by atoms with van der Waals surface area (Å²) in [6.07, 6.45) is 3.57. The van der Waals surface area contributed by atoms with E-state index < -0.39 is 0 Å². The SMILES string of the molecule is CCC1(C)CCN(Cc2cc(F)ccc2O)CC1. The van der Waals surface area contributed by atoms with Crippen LogP contribution in [-0.4, -0.2) is 23.1 Å². The molecule has 0 atom stereocenters. The summed E-state index contributed by atoms with van der Waals surface area (Å²) >= 11 is 0. The molecule has 0 radical (unpaired) electrons. The van der Waals surface area contributed by atoms with E-state index in [0.717, 1.165) is 13.1 Å². The van der Waals surface area contributed by atoms with Crippen molar-refractivity contribution in [3.8, 4) is 5.75 Å². The van der Waals surface area contributed by atoms with Crippen LogP contribution in [0.15, 0.2) is 18.2 Å². The minimum Gasteiger partial charge on any atom is -0.508 e. The van der Waals surface area contributed by atoms with Gasteiger partial charge in [-0.1, -0.05) is 20.3 Å². The van der Waals surface area contributed by atoms with Gasteiger partial charge in [-0.15, -0.1) is 0 Å². The summed E-state index contributed by atoms with van der Waals surface area (Å²) in [5, 5.41) is 9.72. The van der Waals surface area contributed by atoms with Gasteiger partial charge in [0.2, 0.25) is 0 Å². The number of phenols is 1. The predicted octanol–water partition coefficient (Wildman–Crippen LogP) is 3.54. The number of nitrogens with zero attached hydrogens (tertiary/aromatic N) is 1. The van der Waals surface area contributed by atoms with E-state index in [1.807, 2.05) is 0 Å². The molecular formula is C15H22FNO. The van der Waals surface area contributed by atoms with Crippen molar-refractivity contribution in [1.29, 1.82) is 0 Å². The third kappa shape index (κ3) is 3.02. The van der Waals surface area contributed by atoms with Crippen LogP contribution in [0.25, 0.3) is 0 Å². The average molecular weight is 251 g/mol. The lowest BCUT2D eigenvalue weighted by Gasteiger charge is -2.39. The highest BCUT2D eigenvalue weighted by Crippen LogP contribution is 2.34. The van der Waals surface area contributed by atoms with Crippen LogP contribution in [0, 0.1) is 11.2 Å². The van der Waals surface area contributed by atoms with Gasteiger partial charge in [0.1, 0.15) is 11.6 Å². The molecule has 1 saturated heterocycles. The van der Waals surface area contributed by atoms with E-state index in [-0.39, 0.29) is 11.6 Å². The maximum absolute atomic E-state index is 13.1. The zero-order valence-electron chi connectivity index (χ0n) is 11.2. The number of aromatic hydroxyl groups is 1. The van der Waals surface area contributed by atoms with Gasteiger partial charge in [-0.2, -0.15) is 0 Å². The standard InChI is InChI=1S/C15H22FNO/c1-3-15(2)6-8-17(9-7-15)11-12-10-13(16)4-5-14(12)18/h4-5,10,18H,3,6-9,11H2,1-2H3. The molecule has 0 unspecified atom stereocenters. The highest BCUT2D eigenvalue weighted by molar-refractivity contribution is 5.32. The van der Waals surface area contributed by atoms with Gasteiger partial charge in [0.05, 0.1) is 0 Å². The van der Waals surface area contributed by atoms with Gasteiger partial charge in [-0.25, -0.2) is 4.39 Å². The smallest absolute Gasteiger partial charge is 0.123 e. The molecule has 2 rings (SSSR count). The van der Waals surface area contributed by atoms with Gasteiger partial charge in [-0.05, 0) is 49.5 Å². The summed E-state index contributed by atoms with van der Waals surface area (Å²) in [6.45, 7) is 7.28. The highest BCUT2D eigenvalue weighted by atomic mass is 19.1. The molecule has 100 valence electrons. The van der Waals surface area contributed by atoms with Crippen LogP contribution in [0.5, 0.6) is 5.75 Å². The Labute approximate surface area is 108 Å². The van der Waals surface area contributed by atoms with E-state index in [4.69, 9.17) is 0 Å². The minimum absolute atomic E-state index is 0.195. The molecular weight excluding hydrogens is 229 g/mol. The number of piperidine rings is 1. The van der Waals surface area contributed by atoms with Crippen LogP contribution >= 0.6 is 0 Å². The molecule has 0 spiro atoms. The number of hydrogen-bond acceptors (Lipinski definition) is 2. The molecule has 1 aliphatic rings. The van der Waals surface area contributed by atoms with Crippen molar-refractivity contribution in [2.24, 2.45) is 5.41 Å². The average Bonchev–Trinajstić information content (AvgIpc) is 2.37. The van der Waals surface area contributed by atoms with Gasteiger partial charge in [0, 0.05) is 12.1 Å². The predicted molar refractivity (Wildman–Crippen MR) is 71.0 cm³/mol. The Hall–Kier alpha value is -1.09. The second-order valence-corrected chi connectivity index (χ2v) is 5.71. The first kappa shape index (κ1) is 13.3. The van der Waals surface area contributed by atoms with Crippen molar-refractivity contribution < 1.29 is 9.50 Å². The van der Waals surface area contributed by atoms with Gasteiger partial charge in [0.25, 0.3) is 0 Å². The van der Waals surface area contributed by atoms with Crippen molar-refractivity contribution in [1.82, 2.24) is 4.90 Å². The molecule has 1 fully saturated rings. The zero-order valence-corrected chi connectivity index (χ0v) is 11.2. The topological polar surface area (TPSA) is 23.5 Å². The summed E-state index contributed by atoms with van der Waals surface area (Å²) in [4.78, 5) is 2.30. The molecule has 1 aliphatic heterocycles. The van der Waals surface area contributed by atoms with Crippen LogP contribution in [0.3, 0.4) is 0 Å². The van der Waals surface area contributed by atoms with E-state index in [1.165, 1.54) is 37.5 Å². The van der Waals surface area contributed by atoms with Crippen LogP contribution in [0.4, 0.5) is 4.39 Å². The summed E-state index contributed by atoms with van der Waals surface area (Å²) in [5.41, 5.74) is 1.15. The minimum atomic E-state index is -0.279. The van der Waals surface area contributed by atoms with Crippen LogP contribution in [-0.2, 0) is 6.54 Å². The fourth-order valence-electron chi connectivity index (χ4n) is 2.53. The molecule has 2 nitrogen and oxygen atoms in total. The number of hydrogen-bond donors (Lipinski definition) is 1. The van der Waals surface area contributed by atoms with Crippen molar-refractivity contribution in [2.75, 3.05) is 13.1 Å². The molecule has 1 aromatic rings. The molecule has 0 bridgehead atoms. The Bertz CT molecular complexity index is 411. The first-order valence-corrected chi connectivity index (χ1v) is 6.72. The fourth-order valence-corrected chi connectivity index (χ4v) is 2.53. The van der Waals surface area contributed by atoms with Gasteiger partial charge in [-0.3, -0.25) is 4.90 Å². The molecule has 0 saturated carbocycles. The zero-order chi connectivity index (χ0) is 13.2. The van der Waals surface area contributed by atoms with Gasteiger partial charge >= 0.3 is 0 Å². The quantitative estimate of drug-likeness (QED) is 0.888. The maximum atomic E-state index is 13.1. The molecule has 18 heavy (non-hydrogen) atoms. The third-order valence-electron chi connectivity index (χ3n) is 4.35. The Morgan fingerprint density at radius 3 is 2.61 bits per heavy atom. The highest BCUT2D eigenvalue weighted by Gasteiger charge is 2.28. The number of halogens is 1. The number of likely N-dealkylation sites (tertiary alicyclic amines) is 1. The lowest BCUT2D eigenvalue weighted by molar-refractivity contribution is 0.109. The molecule has 0 aliphatic carbocycles. The summed E-state index contributed by atoms with van der Waals surface area (Å²) in [5.74, 6) is -0.0848. The summed E-state index contributed by atoms with van der Waals surface area (Å²) in [6, 6.07) is 4.16. The second-order valence-electron chi connectivity index (χ2n) is 5.71. The van der Waals surface area contributed by atoms with Crippen molar-refractivity contribution in [3.05, 3.63) is 29.6 Å². The lowest BCUT2D eigenvalue weighted by Crippen LogP contribution is -2.37. The second kappa shape index (κ2) is 5.27. The molecule has 3 heteroatoms. The van der Waals surface area contributed by atoms with Gasteiger partial charge in [0.15, 0.2) is 0 Å². The first-order chi connectivity index (χ1) is 8.52. The van der Waals surface area contributed by atoms with Crippen molar-refractivity contribution in [2.45, 2.75) is 39.7 Å². The molecule has 0 aromatic heterocycles. The normalized spacial score (nSPS) is 19.9. The monoisotopic (exact) mass is 251 g/mol. The van der Waals surface area contributed by atoms with Crippen LogP contribution in [0.2, 0.25) is 0 Å². The number of benzene rings is 1. The largest absolute Gasteiger partial charge is 0.508 e. The molecule has 1 aromatic carbocycles. The number of rotatable bonds is 3. The Balaban J connectivity index is 1.97. The van der Waals surface area contributed by atoms with Crippen LogP contribution < -0.4 is 0 Å². The molecule has 1 N–H and O–H groups in total. The Morgan fingerprint density at radius 1 is 1.33 bits per heavy atom. The van der Waals surface area contributed by atoms with Crippen molar-refractivity contribution in [3.63, 3.8) is 0 Å². The molecule has 0 amide bonds.